The number of nitrogens with zero attached hydrogens (tertiary/aromatic N) is 1. The second-order valence-corrected chi connectivity index (χ2v) is 6.16. The molecule has 7 heteroatoms. The van der Waals surface area contributed by atoms with Gasteiger partial charge in [-0.05, 0) is 49.2 Å². The van der Waals surface area contributed by atoms with Gasteiger partial charge in [-0.1, -0.05) is 11.6 Å². The van der Waals surface area contributed by atoms with Gasteiger partial charge in [0.25, 0.3) is 5.91 Å². The molecule has 0 spiro atoms. The first kappa shape index (κ1) is 17.4. The molecule has 1 aromatic carbocycles. The number of carbonyl (C=O) groups is 2. The van der Waals surface area contributed by atoms with Crippen molar-refractivity contribution >= 4 is 23.4 Å². The Labute approximate surface area is 150 Å². The summed E-state index contributed by atoms with van der Waals surface area (Å²) in [6.45, 7) is 1.26. The molecular weight excluding hydrogens is 344 g/mol. The van der Waals surface area contributed by atoms with Crippen LogP contribution in [0.3, 0.4) is 0 Å². The Morgan fingerprint density at radius 1 is 1.28 bits per heavy atom. The molecule has 1 atom stereocenters. The maximum absolute atomic E-state index is 12.4. The minimum Gasteiger partial charge on any atom is -0.492 e. The summed E-state index contributed by atoms with van der Waals surface area (Å²) in [4.78, 5) is 26.3. The fourth-order valence-electron chi connectivity index (χ4n) is 2.82. The number of halogens is 1. The largest absolute Gasteiger partial charge is 0.492 e. The minimum atomic E-state index is -0.465. The molecule has 1 saturated heterocycles. The number of nitrogens with one attached hydrogen (secondary N) is 1. The predicted octanol–water partition coefficient (Wildman–Crippen LogP) is 2.73. The van der Waals surface area contributed by atoms with Crippen LogP contribution < -0.4 is 10.1 Å². The van der Waals surface area contributed by atoms with Gasteiger partial charge in [0.2, 0.25) is 5.91 Å². The molecule has 0 aliphatic carbocycles. The van der Waals surface area contributed by atoms with Gasteiger partial charge in [0, 0.05) is 11.6 Å². The summed E-state index contributed by atoms with van der Waals surface area (Å²) in [6.07, 6.45) is 2.90. The lowest BCUT2D eigenvalue weighted by atomic mass is 10.2. The molecule has 6 nitrogen and oxygen atoms in total. The first-order chi connectivity index (χ1) is 12.1. The van der Waals surface area contributed by atoms with Crippen molar-refractivity contribution in [2.75, 3.05) is 19.7 Å². The minimum absolute atomic E-state index is 0.169. The van der Waals surface area contributed by atoms with Gasteiger partial charge < -0.3 is 19.4 Å². The van der Waals surface area contributed by atoms with E-state index in [4.69, 9.17) is 20.8 Å². The Bertz CT molecular complexity index is 715. The molecule has 1 aliphatic rings. The summed E-state index contributed by atoms with van der Waals surface area (Å²) in [5.41, 5.74) is 0. The normalized spacial score (nSPS) is 16.7. The van der Waals surface area contributed by atoms with Crippen LogP contribution in [0.15, 0.2) is 47.1 Å². The zero-order valence-electron chi connectivity index (χ0n) is 13.6. The van der Waals surface area contributed by atoms with Gasteiger partial charge in [-0.25, -0.2) is 0 Å². The van der Waals surface area contributed by atoms with Crippen LogP contribution in [-0.4, -0.2) is 42.5 Å². The van der Waals surface area contributed by atoms with Crippen molar-refractivity contribution in [3.05, 3.63) is 53.4 Å². The van der Waals surface area contributed by atoms with Crippen molar-refractivity contribution < 1.29 is 18.7 Å². The highest BCUT2D eigenvalue weighted by molar-refractivity contribution is 6.30. The number of carbonyl (C=O) groups excluding carboxylic acids is 2. The summed E-state index contributed by atoms with van der Waals surface area (Å²) in [7, 11) is 0. The Kier molecular flexibility index (Phi) is 5.60. The van der Waals surface area contributed by atoms with E-state index in [2.05, 4.69) is 5.32 Å². The Morgan fingerprint density at radius 3 is 2.80 bits per heavy atom. The predicted molar refractivity (Wildman–Crippen MR) is 92.7 cm³/mol. The summed E-state index contributed by atoms with van der Waals surface area (Å²) in [5.74, 6) is 0.525. The van der Waals surface area contributed by atoms with Crippen molar-refractivity contribution in [1.29, 1.82) is 0 Å². The quantitative estimate of drug-likeness (QED) is 0.802. The number of hydrogen-bond acceptors (Lipinski definition) is 4. The summed E-state index contributed by atoms with van der Waals surface area (Å²) < 4.78 is 10.7. The number of furan rings is 1. The maximum atomic E-state index is 12.4. The molecule has 3 rings (SSSR count). The number of likely N-dealkylation sites (tertiary alicyclic amines) is 1. The molecule has 1 fully saturated rings. The number of hydrogen-bond donors (Lipinski definition) is 1. The Balaban J connectivity index is 1.47. The number of amides is 2. The fourth-order valence-corrected chi connectivity index (χ4v) is 2.94. The van der Waals surface area contributed by atoms with Gasteiger partial charge in [-0.3, -0.25) is 9.59 Å². The van der Waals surface area contributed by atoms with E-state index >= 15 is 0 Å². The number of rotatable bonds is 6. The van der Waals surface area contributed by atoms with Crippen molar-refractivity contribution in [3.63, 3.8) is 0 Å². The highest BCUT2D eigenvalue weighted by Gasteiger charge is 2.35. The molecule has 0 saturated carbocycles. The monoisotopic (exact) mass is 362 g/mol. The lowest BCUT2D eigenvalue weighted by Crippen LogP contribution is -2.46. The molecule has 1 unspecified atom stereocenters. The smallest absolute Gasteiger partial charge is 0.290 e. The summed E-state index contributed by atoms with van der Waals surface area (Å²) >= 11 is 5.81. The maximum Gasteiger partial charge on any atom is 0.290 e. The zero-order valence-corrected chi connectivity index (χ0v) is 14.4. The van der Waals surface area contributed by atoms with Gasteiger partial charge in [0.1, 0.15) is 18.4 Å². The molecule has 25 heavy (non-hydrogen) atoms. The van der Waals surface area contributed by atoms with Crippen LogP contribution >= 0.6 is 11.6 Å². The van der Waals surface area contributed by atoms with E-state index in [1.54, 1.807) is 41.3 Å². The van der Waals surface area contributed by atoms with E-state index in [0.29, 0.717) is 36.9 Å². The molecule has 2 aromatic rings. The van der Waals surface area contributed by atoms with E-state index in [0.717, 1.165) is 6.42 Å². The van der Waals surface area contributed by atoms with Crippen molar-refractivity contribution in [3.8, 4) is 5.75 Å². The molecule has 1 N–H and O–H groups in total. The standard InChI is InChI=1S/C18H19ClN2O4/c19-13-5-7-14(8-6-13)24-12-9-20-17(22)15-3-1-10-21(15)18(23)16-4-2-11-25-16/h2,4-8,11,15H,1,3,9-10,12H2,(H,20,22). The van der Waals surface area contributed by atoms with Gasteiger partial charge >= 0.3 is 0 Å². The van der Waals surface area contributed by atoms with Crippen LogP contribution in [0, 0.1) is 0 Å². The van der Waals surface area contributed by atoms with Gasteiger partial charge in [-0.15, -0.1) is 0 Å². The second kappa shape index (κ2) is 8.07. The van der Waals surface area contributed by atoms with E-state index in [1.165, 1.54) is 6.26 Å². The topological polar surface area (TPSA) is 71.8 Å². The summed E-state index contributed by atoms with van der Waals surface area (Å²) in [6, 6.07) is 9.82. The van der Waals surface area contributed by atoms with Gasteiger partial charge in [-0.2, -0.15) is 0 Å². The first-order valence-electron chi connectivity index (χ1n) is 8.16. The average molecular weight is 363 g/mol. The van der Waals surface area contributed by atoms with Crippen LogP contribution in [0.1, 0.15) is 23.4 Å². The number of ether oxygens (including phenoxy) is 1. The molecule has 132 valence electrons. The van der Waals surface area contributed by atoms with Crippen LogP contribution in [0.2, 0.25) is 5.02 Å². The average Bonchev–Trinajstić information content (AvgIpc) is 3.31. The van der Waals surface area contributed by atoms with Crippen molar-refractivity contribution in [1.82, 2.24) is 10.2 Å². The van der Waals surface area contributed by atoms with Crippen LogP contribution in [-0.2, 0) is 4.79 Å². The molecule has 1 aliphatic heterocycles. The second-order valence-electron chi connectivity index (χ2n) is 5.73. The molecular formula is C18H19ClN2O4. The first-order valence-corrected chi connectivity index (χ1v) is 8.53. The molecule has 0 radical (unpaired) electrons. The highest BCUT2D eigenvalue weighted by atomic mass is 35.5. The van der Waals surface area contributed by atoms with Crippen LogP contribution in [0.25, 0.3) is 0 Å². The lowest BCUT2D eigenvalue weighted by Gasteiger charge is -2.23. The third-order valence-corrected chi connectivity index (χ3v) is 4.28. The fraction of sp³-hybridized carbons (Fsp3) is 0.333. The highest BCUT2D eigenvalue weighted by Crippen LogP contribution is 2.20. The van der Waals surface area contributed by atoms with E-state index in [1.807, 2.05) is 0 Å². The van der Waals surface area contributed by atoms with Crippen molar-refractivity contribution in [2.24, 2.45) is 0 Å². The van der Waals surface area contributed by atoms with Crippen molar-refractivity contribution in [2.45, 2.75) is 18.9 Å². The van der Waals surface area contributed by atoms with E-state index in [9.17, 15) is 9.59 Å². The molecule has 2 amide bonds. The third-order valence-electron chi connectivity index (χ3n) is 4.03. The Hall–Kier alpha value is -2.47. The van der Waals surface area contributed by atoms with Gasteiger partial charge in [0.05, 0.1) is 12.8 Å². The van der Waals surface area contributed by atoms with Crippen LogP contribution in [0.4, 0.5) is 0 Å². The SMILES string of the molecule is O=C(NCCOc1ccc(Cl)cc1)C1CCCN1C(=O)c1ccco1. The van der Waals surface area contributed by atoms with E-state index in [-0.39, 0.29) is 17.6 Å². The molecule has 2 heterocycles. The third kappa shape index (κ3) is 4.33. The molecule has 0 bridgehead atoms. The van der Waals surface area contributed by atoms with Crippen LogP contribution in [0.5, 0.6) is 5.75 Å². The molecule has 1 aromatic heterocycles. The van der Waals surface area contributed by atoms with E-state index < -0.39 is 6.04 Å². The zero-order chi connectivity index (χ0) is 17.6. The van der Waals surface area contributed by atoms with Gasteiger partial charge in [0.15, 0.2) is 5.76 Å². The lowest BCUT2D eigenvalue weighted by molar-refractivity contribution is -0.124. The Morgan fingerprint density at radius 2 is 2.08 bits per heavy atom. The summed E-state index contributed by atoms with van der Waals surface area (Å²) in [5, 5.41) is 3.46. The number of benzene rings is 1.